The lowest BCUT2D eigenvalue weighted by atomic mass is 10.1. The van der Waals surface area contributed by atoms with Gasteiger partial charge in [0.05, 0.1) is 6.10 Å². The third kappa shape index (κ3) is 4.19. The van der Waals surface area contributed by atoms with E-state index in [0.717, 1.165) is 25.4 Å². The Labute approximate surface area is 109 Å². The Balaban J connectivity index is 0.00000144. The summed E-state index contributed by atoms with van der Waals surface area (Å²) in [7, 11) is 0. The summed E-state index contributed by atoms with van der Waals surface area (Å²) in [5.74, 6) is 0.947. The summed E-state index contributed by atoms with van der Waals surface area (Å²) < 4.78 is 5.62. The molecule has 1 heterocycles. The minimum Gasteiger partial charge on any atom is -0.491 e. The molecule has 2 N–H and O–H groups in total. The monoisotopic (exact) mass is 256 g/mol. The van der Waals surface area contributed by atoms with Crippen LogP contribution in [0.5, 0.6) is 5.75 Å². The second kappa shape index (κ2) is 6.84. The van der Waals surface area contributed by atoms with Crippen LogP contribution >= 0.6 is 12.4 Å². The minimum atomic E-state index is 0. The highest BCUT2D eigenvalue weighted by molar-refractivity contribution is 5.85. The molecule has 0 aromatic heterocycles. The van der Waals surface area contributed by atoms with E-state index >= 15 is 0 Å². The van der Waals surface area contributed by atoms with Gasteiger partial charge in [0, 0.05) is 25.7 Å². The van der Waals surface area contributed by atoms with E-state index in [-0.39, 0.29) is 18.5 Å². The van der Waals surface area contributed by atoms with Crippen molar-refractivity contribution in [2.24, 2.45) is 0 Å². The zero-order valence-electron chi connectivity index (χ0n) is 10.4. The Bertz CT molecular complexity index is 321. The van der Waals surface area contributed by atoms with Crippen LogP contribution in [-0.4, -0.2) is 25.7 Å². The third-order valence-corrected chi connectivity index (χ3v) is 2.70. The van der Waals surface area contributed by atoms with Gasteiger partial charge in [0.25, 0.3) is 0 Å². The molecule has 0 amide bonds. The molecule has 0 radical (unpaired) electrons. The van der Waals surface area contributed by atoms with Crippen molar-refractivity contribution in [3.05, 3.63) is 29.8 Å². The van der Waals surface area contributed by atoms with Crippen LogP contribution in [-0.2, 0) is 0 Å². The van der Waals surface area contributed by atoms with Crippen molar-refractivity contribution in [1.82, 2.24) is 10.6 Å². The van der Waals surface area contributed by atoms with E-state index in [4.69, 9.17) is 4.74 Å². The lowest BCUT2D eigenvalue weighted by Crippen LogP contribution is -2.42. The fourth-order valence-electron chi connectivity index (χ4n) is 1.94. The SMILES string of the molecule is CC(C)Oc1ccc([C@@H]2CNCCN2)cc1.Cl. The van der Waals surface area contributed by atoms with Crippen molar-refractivity contribution in [2.75, 3.05) is 19.6 Å². The quantitative estimate of drug-likeness (QED) is 0.869. The summed E-state index contributed by atoms with van der Waals surface area (Å²) in [6.45, 7) is 7.19. The van der Waals surface area contributed by atoms with Crippen LogP contribution in [0, 0.1) is 0 Å². The molecule has 1 fully saturated rings. The van der Waals surface area contributed by atoms with Gasteiger partial charge >= 0.3 is 0 Å². The molecule has 0 aliphatic carbocycles. The number of nitrogens with one attached hydrogen (secondary N) is 2. The van der Waals surface area contributed by atoms with Crippen LogP contribution in [0.2, 0.25) is 0 Å². The number of benzene rings is 1. The highest BCUT2D eigenvalue weighted by atomic mass is 35.5. The summed E-state index contributed by atoms with van der Waals surface area (Å²) in [5.41, 5.74) is 1.32. The normalized spacial score (nSPS) is 19.8. The van der Waals surface area contributed by atoms with Gasteiger partial charge < -0.3 is 15.4 Å². The first-order chi connectivity index (χ1) is 7.75. The van der Waals surface area contributed by atoms with E-state index in [9.17, 15) is 0 Å². The molecule has 1 saturated heterocycles. The summed E-state index contributed by atoms with van der Waals surface area (Å²) in [6, 6.07) is 8.81. The minimum absolute atomic E-state index is 0. The van der Waals surface area contributed by atoms with Gasteiger partial charge in [0.1, 0.15) is 5.75 Å². The number of hydrogen-bond donors (Lipinski definition) is 2. The molecule has 3 nitrogen and oxygen atoms in total. The van der Waals surface area contributed by atoms with E-state index in [0.29, 0.717) is 6.04 Å². The second-order valence-corrected chi connectivity index (χ2v) is 4.45. The maximum absolute atomic E-state index is 5.62. The molecule has 0 spiro atoms. The van der Waals surface area contributed by atoms with Gasteiger partial charge in [-0.15, -0.1) is 12.4 Å². The molecule has 17 heavy (non-hydrogen) atoms. The van der Waals surface area contributed by atoms with Crippen molar-refractivity contribution in [3.63, 3.8) is 0 Å². The number of rotatable bonds is 3. The Morgan fingerprint density at radius 1 is 1.18 bits per heavy atom. The van der Waals surface area contributed by atoms with E-state index in [1.807, 2.05) is 26.0 Å². The van der Waals surface area contributed by atoms with Crippen LogP contribution in [0.1, 0.15) is 25.5 Å². The fourth-order valence-corrected chi connectivity index (χ4v) is 1.94. The number of ether oxygens (including phenoxy) is 1. The van der Waals surface area contributed by atoms with Gasteiger partial charge in [-0.3, -0.25) is 0 Å². The predicted octanol–water partition coefficient (Wildman–Crippen LogP) is 2.13. The summed E-state index contributed by atoms with van der Waals surface area (Å²) in [5, 5.41) is 6.88. The van der Waals surface area contributed by atoms with Crippen molar-refractivity contribution < 1.29 is 4.74 Å². The van der Waals surface area contributed by atoms with Crippen molar-refractivity contribution in [2.45, 2.75) is 26.0 Å². The maximum atomic E-state index is 5.62. The lowest BCUT2D eigenvalue weighted by molar-refractivity contribution is 0.242. The van der Waals surface area contributed by atoms with Gasteiger partial charge in [-0.1, -0.05) is 12.1 Å². The van der Waals surface area contributed by atoms with E-state index in [2.05, 4.69) is 22.8 Å². The molecule has 2 rings (SSSR count). The fraction of sp³-hybridized carbons (Fsp3) is 0.538. The second-order valence-electron chi connectivity index (χ2n) is 4.45. The molecule has 0 unspecified atom stereocenters. The first-order valence-corrected chi connectivity index (χ1v) is 5.96. The molecule has 96 valence electrons. The molecular weight excluding hydrogens is 236 g/mol. The first kappa shape index (κ1) is 14.3. The predicted molar refractivity (Wildman–Crippen MR) is 73.1 cm³/mol. The highest BCUT2D eigenvalue weighted by Crippen LogP contribution is 2.19. The Hall–Kier alpha value is -0.770. The van der Waals surface area contributed by atoms with Crippen molar-refractivity contribution in [1.29, 1.82) is 0 Å². The Morgan fingerprint density at radius 3 is 2.41 bits per heavy atom. The molecule has 1 aliphatic heterocycles. The number of piperazine rings is 1. The molecular formula is C13H21ClN2O. The molecule has 1 aromatic rings. The van der Waals surface area contributed by atoms with Crippen LogP contribution in [0.25, 0.3) is 0 Å². The molecule has 0 bridgehead atoms. The lowest BCUT2D eigenvalue weighted by Gasteiger charge is -2.25. The average Bonchev–Trinajstić information content (AvgIpc) is 2.30. The topological polar surface area (TPSA) is 33.3 Å². The summed E-state index contributed by atoms with van der Waals surface area (Å²) >= 11 is 0. The van der Waals surface area contributed by atoms with E-state index in [1.165, 1.54) is 5.56 Å². The molecule has 1 atom stereocenters. The average molecular weight is 257 g/mol. The van der Waals surface area contributed by atoms with Crippen LogP contribution in [0.15, 0.2) is 24.3 Å². The van der Waals surface area contributed by atoms with E-state index < -0.39 is 0 Å². The molecule has 1 aliphatic rings. The summed E-state index contributed by atoms with van der Waals surface area (Å²) in [6.07, 6.45) is 0.236. The highest BCUT2D eigenvalue weighted by Gasteiger charge is 2.13. The van der Waals surface area contributed by atoms with Gasteiger partial charge in [-0.25, -0.2) is 0 Å². The third-order valence-electron chi connectivity index (χ3n) is 2.70. The Morgan fingerprint density at radius 2 is 1.88 bits per heavy atom. The van der Waals surface area contributed by atoms with E-state index in [1.54, 1.807) is 0 Å². The van der Waals surface area contributed by atoms with Gasteiger partial charge in [-0.2, -0.15) is 0 Å². The van der Waals surface area contributed by atoms with Crippen LogP contribution < -0.4 is 15.4 Å². The zero-order valence-corrected chi connectivity index (χ0v) is 11.2. The largest absolute Gasteiger partial charge is 0.491 e. The number of hydrogen-bond acceptors (Lipinski definition) is 3. The zero-order chi connectivity index (χ0) is 11.4. The maximum Gasteiger partial charge on any atom is 0.119 e. The van der Waals surface area contributed by atoms with Gasteiger partial charge in [-0.05, 0) is 31.5 Å². The standard InChI is InChI=1S/C13H20N2O.ClH/c1-10(2)16-12-5-3-11(4-6-12)13-9-14-7-8-15-13;/h3-6,10,13-15H,7-9H2,1-2H3;1H/t13-;/m0./s1. The Kier molecular flexibility index (Phi) is 5.75. The molecule has 1 aromatic carbocycles. The summed E-state index contributed by atoms with van der Waals surface area (Å²) in [4.78, 5) is 0. The van der Waals surface area contributed by atoms with Crippen molar-refractivity contribution in [3.8, 4) is 5.75 Å². The molecule has 4 heteroatoms. The van der Waals surface area contributed by atoms with Crippen LogP contribution in [0.4, 0.5) is 0 Å². The number of halogens is 1. The first-order valence-electron chi connectivity index (χ1n) is 5.96. The smallest absolute Gasteiger partial charge is 0.119 e. The molecule has 0 saturated carbocycles. The van der Waals surface area contributed by atoms with Crippen LogP contribution in [0.3, 0.4) is 0 Å². The van der Waals surface area contributed by atoms with Crippen molar-refractivity contribution >= 4 is 12.4 Å². The van der Waals surface area contributed by atoms with Gasteiger partial charge in [0.15, 0.2) is 0 Å². The van der Waals surface area contributed by atoms with Gasteiger partial charge in [0.2, 0.25) is 0 Å².